The van der Waals surface area contributed by atoms with Crippen LogP contribution in [0.2, 0.25) is 0 Å². The SMILES string of the molecule is NC(Cl)(CS)c1ccccc1. The highest BCUT2D eigenvalue weighted by atomic mass is 35.5. The second-order valence-corrected chi connectivity index (χ2v) is 3.38. The van der Waals surface area contributed by atoms with E-state index in [1.807, 2.05) is 30.3 Å². The van der Waals surface area contributed by atoms with E-state index in [4.69, 9.17) is 17.3 Å². The zero-order valence-electron chi connectivity index (χ0n) is 6.00. The zero-order valence-corrected chi connectivity index (χ0v) is 7.65. The first-order valence-corrected chi connectivity index (χ1v) is 4.32. The van der Waals surface area contributed by atoms with Gasteiger partial charge in [0.2, 0.25) is 0 Å². The van der Waals surface area contributed by atoms with Crippen molar-refractivity contribution in [1.82, 2.24) is 0 Å². The summed E-state index contributed by atoms with van der Waals surface area (Å²) in [4.78, 5) is -0.829. The molecule has 0 aromatic heterocycles. The van der Waals surface area contributed by atoms with Gasteiger partial charge in [0, 0.05) is 5.75 Å². The molecule has 0 bridgehead atoms. The average Bonchev–Trinajstić information content (AvgIpc) is 2.06. The van der Waals surface area contributed by atoms with Crippen LogP contribution in [-0.4, -0.2) is 5.75 Å². The Balaban J connectivity index is 2.93. The highest BCUT2D eigenvalue weighted by Gasteiger charge is 2.20. The van der Waals surface area contributed by atoms with Gasteiger partial charge in [-0.25, -0.2) is 0 Å². The quantitative estimate of drug-likeness (QED) is 0.413. The van der Waals surface area contributed by atoms with Gasteiger partial charge >= 0.3 is 0 Å². The molecule has 0 radical (unpaired) electrons. The van der Waals surface area contributed by atoms with Gasteiger partial charge < -0.3 is 5.73 Å². The third-order valence-electron chi connectivity index (χ3n) is 1.48. The Hall–Kier alpha value is -0.180. The summed E-state index contributed by atoms with van der Waals surface area (Å²) < 4.78 is 0. The predicted molar refractivity (Wildman–Crippen MR) is 52.0 cm³/mol. The van der Waals surface area contributed by atoms with Gasteiger partial charge in [0.1, 0.15) is 5.00 Å². The highest BCUT2D eigenvalue weighted by Crippen LogP contribution is 2.23. The number of hydrogen-bond donors (Lipinski definition) is 2. The van der Waals surface area contributed by atoms with Crippen LogP contribution in [0.4, 0.5) is 0 Å². The fourth-order valence-electron chi connectivity index (χ4n) is 0.807. The Morgan fingerprint density at radius 3 is 2.36 bits per heavy atom. The van der Waals surface area contributed by atoms with Gasteiger partial charge in [-0.3, -0.25) is 0 Å². The molecule has 3 heteroatoms. The molecule has 0 amide bonds. The molecule has 1 unspecified atom stereocenters. The first-order chi connectivity index (χ1) is 5.17. The van der Waals surface area contributed by atoms with Crippen molar-refractivity contribution in [2.45, 2.75) is 5.00 Å². The summed E-state index contributed by atoms with van der Waals surface area (Å²) >= 11 is 10.0. The molecule has 0 spiro atoms. The van der Waals surface area contributed by atoms with E-state index in [-0.39, 0.29) is 0 Å². The summed E-state index contributed by atoms with van der Waals surface area (Å²) in [5, 5.41) is 0. The van der Waals surface area contributed by atoms with Crippen LogP contribution >= 0.6 is 24.2 Å². The molecule has 1 rings (SSSR count). The van der Waals surface area contributed by atoms with E-state index in [0.29, 0.717) is 5.75 Å². The number of thiol groups is 1. The maximum atomic E-state index is 5.95. The van der Waals surface area contributed by atoms with Crippen molar-refractivity contribution in [2.75, 3.05) is 5.75 Å². The van der Waals surface area contributed by atoms with Gasteiger partial charge in [0.25, 0.3) is 0 Å². The van der Waals surface area contributed by atoms with Crippen molar-refractivity contribution < 1.29 is 0 Å². The fourth-order valence-corrected chi connectivity index (χ4v) is 1.12. The van der Waals surface area contributed by atoms with Crippen LogP contribution in [0.3, 0.4) is 0 Å². The number of benzene rings is 1. The van der Waals surface area contributed by atoms with E-state index in [9.17, 15) is 0 Å². The fraction of sp³-hybridized carbons (Fsp3) is 0.250. The molecule has 0 saturated carbocycles. The molecule has 11 heavy (non-hydrogen) atoms. The number of nitrogens with two attached hydrogens (primary N) is 1. The van der Waals surface area contributed by atoms with Crippen molar-refractivity contribution in [3.63, 3.8) is 0 Å². The van der Waals surface area contributed by atoms with Crippen LogP contribution in [0.1, 0.15) is 5.56 Å². The number of rotatable bonds is 2. The highest BCUT2D eigenvalue weighted by molar-refractivity contribution is 7.80. The normalized spacial score (nSPS) is 15.9. The first kappa shape index (κ1) is 8.91. The van der Waals surface area contributed by atoms with Crippen LogP contribution < -0.4 is 5.73 Å². The largest absolute Gasteiger partial charge is 0.308 e. The number of alkyl halides is 1. The van der Waals surface area contributed by atoms with Gasteiger partial charge in [-0.2, -0.15) is 12.6 Å². The second kappa shape index (κ2) is 3.48. The Bertz CT molecular complexity index is 223. The van der Waals surface area contributed by atoms with E-state index in [0.717, 1.165) is 5.56 Å². The molecule has 1 nitrogen and oxygen atoms in total. The lowest BCUT2D eigenvalue weighted by atomic mass is 10.1. The zero-order chi connectivity index (χ0) is 8.32. The standard InChI is InChI=1S/C8H10ClNS/c9-8(10,6-11)7-4-2-1-3-5-7/h1-5,11H,6,10H2. The Morgan fingerprint density at radius 1 is 1.36 bits per heavy atom. The monoisotopic (exact) mass is 187 g/mol. The van der Waals surface area contributed by atoms with Gasteiger partial charge in [-0.05, 0) is 5.56 Å². The van der Waals surface area contributed by atoms with Crippen molar-refractivity contribution >= 4 is 24.2 Å². The van der Waals surface area contributed by atoms with Crippen LogP contribution in [0.5, 0.6) is 0 Å². The molecule has 0 heterocycles. The van der Waals surface area contributed by atoms with Crippen molar-refractivity contribution in [3.8, 4) is 0 Å². The van der Waals surface area contributed by atoms with Gasteiger partial charge in [-0.1, -0.05) is 41.9 Å². The minimum absolute atomic E-state index is 0.429. The molecular weight excluding hydrogens is 178 g/mol. The summed E-state index contributed by atoms with van der Waals surface area (Å²) in [7, 11) is 0. The summed E-state index contributed by atoms with van der Waals surface area (Å²) in [6, 6.07) is 9.52. The van der Waals surface area contributed by atoms with Crippen molar-refractivity contribution in [1.29, 1.82) is 0 Å². The van der Waals surface area contributed by atoms with Crippen LogP contribution in [0.15, 0.2) is 30.3 Å². The minimum Gasteiger partial charge on any atom is -0.308 e. The maximum absolute atomic E-state index is 5.95. The molecule has 2 N–H and O–H groups in total. The van der Waals surface area contributed by atoms with Crippen molar-refractivity contribution in [2.24, 2.45) is 5.73 Å². The molecule has 0 saturated heterocycles. The topological polar surface area (TPSA) is 26.0 Å². The summed E-state index contributed by atoms with van der Waals surface area (Å²) in [6.07, 6.45) is 0. The molecule has 0 aliphatic heterocycles. The smallest absolute Gasteiger partial charge is 0.125 e. The Kier molecular flexibility index (Phi) is 2.82. The Morgan fingerprint density at radius 2 is 1.91 bits per heavy atom. The maximum Gasteiger partial charge on any atom is 0.125 e. The second-order valence-electron chi connectivity index (χ2n) is 2.39. The molecule has 0 aliphatic rings. The molecule has 1 atom stereocenters. The van der Waals surface area contributed by atoms with Gasteiger partial charge in [0.15, 0.2) is 0 Å². The first-order valence-electron chi connectivity index (χ1n) is 3.31. The lowest BCUT2D eigenvalue weighted by molar-refractivity contribution is 0.737. The van der Waals surface area contributed by atoms with E-state index in [2.05, 4.69) is 12.6 Å². The van der Waals surface area contributed by atoms with E-state index < -0.39 is 5.00 Å². The summed E-state index contributed by atoms with van der Waals surface area (Å²) in [5.74, 6) is 0.429. The Labute approximate surface area is 77.0 Å². The lowest BCUT2D eigenvalue weighted by Crippen LogP contribution is -2.31. The van der Waals surface area contributed by atoms with E-state index in [1.54, 1.807) is 0 Å². The molecule has 1 aromatic rings. The van der Waals surface area contributed by atoms with Gasteiger partial charge in [-0.15, -0.1) is 0 Å². The van der Waals surface area contributed by atoms with Crippen LogP contribution in [0, 0.1) is 0 Å². The van der Waals surface area contributed by atoms with Crippen molar-refractivity contribution in [3.05, 3.63) is 35.9 Å². The van der Waals surface area contributed by atoms with E-state index in [1.165, 1.54) is 0 Å². The van der Waals surface area contributed by atoms with Crippen LogP contribution in [0.25, 0.3) is 0 Å². The molecule has 1 aromatic carbocycles. The lowest BCUT2D eigenvalue weighted by Gasteiger charge is -2.19. The number of halogens is 1. The third-order valence-corrected chi connectivity index (χ3v) is 2.52. The molecular formula is C8H10ClNS. The average molecular weight is 188 g/mol. The number of hydrogen-bond acceptors (Lipinski definition) is 2. The summed E-state index contributed by atoms with van der Waals surface area (Å²) in [6.45, 7) is 0. The predicted octanol–water partition coefficient (Wildman–Crippen LogP) is 1.97. The molecule has 0 fully saturated rings. The van der Waals surface area contributed by atoms with Gasteiger partial charge in [0.05, 0.1) is 0 Å². The summed E-state index contributed by atoms with van der Waals surface area (Å²) in [5.41, 5.74) is 6.63. The van der Waals surface area contributed by atoms with Crippen LogP contribution in [-0.2, 0) is 5.00 Å². The molecule has 60 valence electrons. The molecule has 0 aliphatic carbocycles. The third kappa shape index (κ3) is 2.12. The minimum atomic E-state index is -0.829. The van der Waals surface area contributed by atoms with E-state index >= 15 is 0 Å².